The summed E-state index contributed by atoms with van der Waals surface area (Å²) in [4.78, 5) is 11.6. The van der Waals surface area contributed by atoms with E-state index in [0.717, 1.165) is 0 Å². The van der Waals surface area contributed by atoms with Gasteiger partial charge in [0.15, 0.2) is 0 Å². The van der Waals surface area contributed by atoms with Gasteiger partial charge in [-0.15, -0.1) is 0 Å². The van der Waals surface area contributed by atoms with E-state index in [4.69, 9.17) is 18.9 Å². The van der Waals surface area contributed by atoms with Gasteiger partial charge in [-0.3, -0.25) is 0 Å². The number of esters is 1. The van der Waals surface area contributed by atoms with Crippen LogP contribution in [0.5, 0.6) is 11.5 Å². The standard InChI is InChI=1S/C11H12O5/c1-13-6-4-7-9(8(5-6)14-2)11(15-3)16-10(7)12/h4-5,11H,1-3H3/t11-/m0/s1. The number of rotatable bonds is 3. The topological polar surface area (TPSA) is 54.0 Å². The van der Waals surface area contributed by atoms with Gasteiger partial charge >= 0.3 is 5.97 Å². The Morgan fingerprint density at radius 1 is 1.19 bits per heavy atom. The van der Waals surface area contributed by atoms with Crippen LogP contribution < -0.4 is 9.47 Å². The Morgan fingerprint density at radius 3 is 2.50 bits per heavy atom. The molecule has 0 bridgehead atoms. The molecule has 1 aliphatic heterocycles. The van der Waals surface area contributed by atoms with Crippen molar-refractivity contribution in [3.05, 3.63) is 23.3 Å². The van der Waals surface area contributed by atoms with Crippen molar-refractivity contribution in [2.75, 3.05) is 21.3 Å². The van der Waals surface area contributed by atoms with Gasteiger partial charge in [-0.2, -0.15) is 0 Å². The zero-order chi connectivity index (χ0) is 11.7. The van der Waals surface area contributed by atoms with Gasteiger partial charge in [0.1, 0.15) is 11.5 Å². The highest BCUT2D eigenvalue weighted by atomic mass is 16.7. The summed E-state index contributed by atoms with van der Waals surface area (Å²) in [6, 6.07) is 3.30. The van der Waals surface area contributed by atoms with Crippen LogP contribution >= 0.6 is 0 Å². The van der Waals surface area contributed by atoms with Crippen molar-refractivity contribution < 1.29 is 23.7 Å². The van der Waals surface area contributed by atoms with E-state index in [1.165, 1.54) is 21.3 Å². The third kappa shape index (κ3) is 1.49. The minimum absolute atomic E-state index is 0.419. The second-order valence-corrected chi connectivity index (χ2v) is 3.26. The van der Waals surface area contributed by atoms with Crippen LogP contribution in [-0.2, 0) is 9.47 Å². The molecule has 16 heavy (non-hydrogen) atoms. The fraction of sp³-hybridized carbons (Fsp3) is 0.364. The van der Waals surface area contributed by atoms with Crippen LogP contribution in [0.3, 0.4) is 0 Å². The Morgan fingerprint density at radius 2 is 1.94 bits per heavy atom. The first-order valence-corrected chi connectivity index (χ1v) is 4.71. The number of carbonyl (C=O) groups is 1. The Labute approximate surface area is 92.9 Å². The number of ether oxygens (including phenoxy) is 4. The van der Waals surface area contributed by atoms with Crippen LogP contribution in [0, 0.1) is 0 Å². The van der Waals surface area contributed by atoms with Crippen molar-refractivity contribution in [3.8, 4) is 11.5 Å². The van der Waals surface area contributed by atoms with Crippen LogP contribution in [0.15, 0.2) is 12.1 Å². The van der Waals surface area contributed by atoms with Crippen LogP contribution in [-0.4, -0.2) is 27.3 Å². The van der Waals surface area contributed by atoms with Crippen molar-refractivity contribution in [2.45, 2.75) is 6.29 Å². The molecule has 1 aromatic rings. The van der Waals surface area contributed by atoms with Gasteiger partial charge in [-0.05, 0) is 6.07 Å². The number of benzene rings is 1. The van der Waals surface area contributed by atoms with Crippen LogP contribution in [0.25, 0.3) is 0 Å². The molecule has 0 radical (unpaired) electrons. The minimum Gasteiger partial charge on any atom is -0.497 e. The van der Waals surface area contributed by atoms with E-state index in [1.807, 2.05) is 0 Å². The predicted molar refractivity (Wildman–Crippen MR) is 54.7 cm³/mol. The van der Waals surface area contributed by atoms with Crippen molar-refractivity contribution in [1.82, 2.24) is 0 Å². The van der Waals surface area contributed by atoms with Crippen LogP contribution in [0.4, 0.5) is 0 Å². The molecule has 1 aliphatic rings. The summed E-state index contributed by atoms with van der Waals surface area (Å²) in [6.07, 6.45) is -0.705. The summed E-state index contributed by atoms with van der Waals surface area (Å²) >= 11 is 0. The Hall–Kier alpha value is -1.75. The number of hydrogen-bond donors (Lipinski definition) is 0. The summed E-state index contributed by atoms with van der Waals surface area (Å²) in [5.74, 6) is 0.635. The number of methoxy groups -OCH3 is 3. The molecule has 0 fully saturated rings. The number of fused-ring (bicyclic) bond motifs is 1. The molecule has 0 aliphatic carbocycles. The second-order valence-electron chi connectivity index (χ2n) is 3.26. The lowest BCUT2D eigenvalue weighted by atomic mass is 10.1. The zero-order valence-electron chi connectivity index (χ0n) is 9.27. The zero-order valence-corrected chi connectivity index (χ0v) is 9.27. The van der Waals surface area contributed by atoms with E-state index >= 15 is 0 Å². The van der Waals surface area contributed by atoms with Gasteiger partial charge in [0.25, 0.3) is 0 Å². The number of carbonyl (C=O) groups excluding carboxylic acids is 1. The first kappa shape index (κ1) is 10.8. The van der Waals surface area contributed by atoms with Crippen LogP contribution in [0.1, 0.15) is 22.2 Å². The van der Waals surface area contributed by atoms with E-state index in [-0.39, 0.29) is 0 Å². The lowest BCUT2D eigenvalue weighted by molar-refractivity contribution is -0.0823. The van der Waals surface area contributed by atoms with Crippen LogP contribution in [0.2, 0.25) is 0 Å². The van der Waals surface area contributed by atoms with Gasteiger partial charge in [0.2, 0.25) is 6.29 Å². The highest BCUT2D eigenvalue weighted by Gasteiger charge is 2.35. The molecule has 0 amide bonds. The maximum Gasteiger partial charge on any atom is 0.341 e. The molecule has 0 saturated heterocycles. The molecule has 1 aromatic carbocycles. The first-order valence-electron chi connectivity index (χ1n) is 4.71. The second kappa shape index (κ2) is 4.02. The van der Waals surface area contributed by atoms with Crippen molar-refractivity contribution >= 4 is 5.97 Å². The fourth-order valence-electron chi connectivity index (χ4n) is 1.69. The minimum atomic E-state index is -0.705. The summed E-state index contributed by atoms with van der Waals surface area (Å²) in [5, 5.41) is 0. The van der Waals surface area contributed by atoms with E-state index in [9.17, 15) is 4.79 Å². The lowest BCUT2D eigenvalue weighted by Gasteiger charge is -2.12. The average molecular weight is 224 g/mol. The molecule has 0 saturated carbocycles. The SMILES string of the molecule is COc1cc(OC)c2c(c1)C(=O)O[C@@H]2OC. The Bertz CT molecular complexity index is 427. The molecule has 0 unspecified atom stereocenters. The third-order valence-electron chi connectivity index (χ3n) is 2.45. The highest BCUT2D eigenvalue weighted by Crippen LogP contribution is 2.40. The molecule has 5 heteroatoms. The molecular formula is C11H12O5. The molecule has 5 nitrogen and oxygen atoms in total. The van der Waals surface area contributed by atoms with E-state index in [2.05, 4.69) is 0 Å². The summed E-state index contributed by atoms with van der Waals surface area (Å²) in [5.41, 5.74) is 1.03. The molecule has 0 spiro atoms. The number of cyclic esters (lactones) is 1. The van der Waals surface area contributed by atoms with Gasteiger partial charge in [0, 0.05) is 13.2 Å². The molecule has 0 N–H and O–H groups in total. The maximum atomic E-state index is 11.6. The molecule has 2 rings (SSSR count). The Kier molecular flexibility index (Phi) is 2.70. The smallest absolute Gasteiger partial charge is 0.341 e. The summed E-state index contributed by atoms with van der Waals surface area (Å²) in [7, 11) is 4.51. The fourth-order valence-corrected chi connectivity index (χ4v) is 1.69. The normalized spacial score (nSPS) is 17.9. The van der Waals surface area contributed by atoms with E-state index in [0.29, 0.717) is 22.6 Å². The summed E-state index contributed by atoms with van der Waals surface area (Å²) < 4.78 is 20.3. The lowest BCUT2D eigenvalue weighted by Crippen LogP contribution is -2.01. The number of hydrogen-bond acceptors (Lipinski definition) is 5. The van der Waals surface area contributed by atoms with E-state index < -0.39 is 12.3 Å². The molecule has 1 heterocycles. The van der Waals surface area contributed by atoms with Gasteiger partial charge in [-0.25, -0.2) is 4.79 Å². The largest absolute Gasteiger partial charge is 0.497 e. The van der Waals surface area contributed by atoms with Gasteiger partial charge < -0.3 is 18.9 Å². The average Bonchev–Trinajstić information content (AvgIpc) is 2.65. The van der Waals surface area contributed by atoms with Crippen molar-refractivity contribution in [2.24, 2.45) is 0 Å². The van der Waals surface area contributed by atoms with E-state index in [1.54, 1.807) is 12.1 Å². The van der Waals surface area contributed by atoms with Crippen molar-refractivity contribution in [1.29, 1.82) is 0 Å². The maximum absolute atomic E-state index is 11.6. The third-order valence-corrected chi connectivity index (χ3v) is 2.45. The van der Waals surface area contributed by atoms with Gasteiger partial charge in [-0.1, -0.05) is 0 Å². The molecule has 0 aromatic heterocycles. The van der Waals surface area contributed by atoms with Gasteiger partial charge in [0.05, 0.1) is 25.3 Å². The molecule has 86 valence electrons. The quantitative estimate of drug-likeness (QED) is 0.728. The van der Waals surface area contributed by atoms with Crippen molar-refractivity contribution in [3.63, 3.8) is 0 Å². The monoisotopic (exact) mass is 224 g/mol. The summed E-state index contributed by atoms with van der Waals surface area (Å²) in [6.45, 7) is 0. The Balaban J connectivity index is 2.59. The molecule has 1 atom stereocenters. The highest BCUT2D eigenvalue weighted by molar-refractivity contribution is 5.95. The molecular weight excluding hydrogens is 212 g/mol. The predicted octanol–water partition coefficient (Wildman–Crippen LogP) is 1.52. The first-order chi connectivity index (χ1) is 7.71.